The number of carbonyl (C=O) groups is 2. The van der Waals surface area contributed by atoms with Gasteiger partial charge in [0.15, 0.2) is 5.78 Å². The molecule has 0 spiro atoms. The van der Waals surface area contributed by atoms with Crippen LogP contribution in [0.4, 0.5) is 5.69 Å². The van der Waals surface area contributed by atoms with Gasteiger partial charge in [-0.3, -0.25) is 14.3 Å². The van der Waals surface area contributed by atoms with Crippen LogP contribution in [-0.4, -0.2) is 26.0 Å². The van der Waals surface area contributed by atoms with Crippen molar-refractivity contribution in [1.82, 2.24) is 14.3 Å². The fourth-order valence-corrected chi connectivity index (χ4v) is 2.64. The summed E-state index contributed by atoms with van der Waals surface area (Å²) >= 11 is 0. The van der Waals surface area contributed by atoms with Crippen molar-refractivity contribution in [3.05, 3.63) is 48.4 Å². The number of nitrogens with one attached hydrogen (secondary N) is 1. The van der Waals surface area contributed by atoms with Gasteiger partial charge in [-0.2, -0.15) is 5.10 Å². The number of amides is 1. The molecule has 0 atom stereocenters. The number of ketones is 1. The average Bonchev–Trinajstić information content (AvgIpc) is 3.09. The summed E-state index contributed by atoms with van der Waals surface area (Å²) in [5, 5.41) is 7.74. The second-order valence-corrected chi connectivity index (χ2v) is 5.51. The third-order valence-corrected chi connectivity index (χ3v) is 3.74. The number of para-hydroxylation sites is 1. The van der Waals surface area contributed by atoms with E-state index in [0.717, 1.165) is 10.9 Å². The zero-order valence-corrected chi connectivity index (χ0v) is 13.1. The number of hydrogen-bond acceptors (Lipinski definition) is 3. The van der Waals surface area contributed by atoms with E-state index in [1.54, 1.807) is 31.0 Å². The van der Waals surface area contributed by atoms with Crippen molar-refractivity contribution in [2.24, 2.45) is 7.05 Å². The summed E-state index contributed by atoms with van der Waals surface area (Å²) in [4.78, 5) is 23.8. The largest absolute Gasteiger partial charge is 0.346 e. The molecule has 0 saturated carbocycles. The van der Waals surface area contributed by atoms with E-state index in [1.807, 2.05) is 35.0 Å². The van der Waals surface area contributed by atoms with Crippen LogP contribution in [0.5, 0.6) is 0 Å². The normalized spacial score (nSPS) is 10.9. The Bertz CT molecular complexity index is 876. The Morgan fingerprint density at radius 3 is 2.70 bits per heavy atom. The molecule has 6 nitrogen and oxygen atoms in total. The van der Waals surface area contributed by atoms with Gasteiger partial charge in [-0.25, -0.2) is 0 Å². The van der Waals surface area contributed by atoms with E-state index in [2.05, 4.69) is 10.4 Å². The van der Waals surface area contributed by atoms with Gasteiger partial charge in [-0.05, 0) is 13.0 Å². The zero-order valence-electron chi connectivity index (χ0n) is 13.1. The number of benzene rings is 1. The van der Waals surface area contributed by atoms with Gasteiger partial charge in [0.05, 0.1) is 11.9 Å². The summed E-state index contributed by atoms with van der Waals surface area (Å²) in [6.07, 6.45) is 5.50. The number of carbonyl (C=O) groups excluding carboxylic acids is 2. The predicted molar refractivity (Wildman–Crippen MR) is 88.4 cm³/mol. The van der Waals surface area contributed by atoms with Crippen LogP contribution < -0.4 is 5.32 Å². The molecule has 0 unspecified atom stereocenters. The number of aryl methyl sites for hydroxylation is 2. The van der Waals surface area contributed by atoms with Crippen molar-refractivity contribution in [3.63, 3.8) is 0 Å². The molecule has 0 bridgehead atoms. The van der Waals surface area contributed by atoms with E-state index in [1.165, 1.54) is 0 Å². The second kappa shape index (κ2) is 6.08. The van der Waals surface area contributed by atoms with Crippen molar-refractivity contribution < 1.29 is 9.59 Å². The number of aromatic nitrogens is 3. The van der Waals surface area contributed by atoms with Crippen LogP contribution in [0.25, 0.3) is 10.9 Å². The Morgan fingerprint density at radius 2 is 2.00 bits per heavy atom. The molecule has 118 valence electrons. The molecule has 2 heterocycles. The Morgan fingerprint density at radius 1 is 1.22 bits per heavy atom. The van der Waals surface area contributed by atoms with Crippen LogP contribution in [0, 0.1) is 0 Å². The van der Waals surface area contributed by atoms with Crippen LogP contribution in [-0.2, 0) is 18.4 Å². The van der Waals surface area contributed by atoms with Crippen molar-refractivity contribution in [1.29, 1.82) is 0 Å². The highest BCUT2D eigenvalue weighted by molar-refractivity contribution is 6.07. The van der Waals surface area contributed by atoms with Gasteiger partial charge in [0.2, 0.25) is 5.91 Å². The molecule has 1 N–H and O–H groups in total. The Labute approximate surface area is 133 Å². The maximum Gasteiger partial charge on any atom is 0.226 e. The molecule has 0 aliphatic carbocycles. The summed E-state index contributed by atoms with van der Waals surface area (Å²) in [5.41, 5.74) is 2.33. The Kier molecular flexibility index (Phi) is 3.97. The highest BCUT2D eigenvalue weighted by atomic mass is 16.1. The monoisotopic (exact) mass is 310 g/mol. The third-order valence-electron chi connectivity index (χ3n) is 3.74. The number of hydrogen-bond donors (Lipinski definition) is 1. The van der Waals surface area contributed by atoms with Crippen LogP contribution in [0.2, 0.25) is 0 Å². The number of anilines is 1. The fourth-order valence-electron chi connectivity index (χ4n) is 2.64. The van der Waals surface area contributed by atoms with Gasteiger partial charge in [0.1, 0.15) is 0 Å². The lowest BCUT2D eigenvalue weighted by Crippen LogP contribution is -2.13. The number of Topliss-reactive ketones (excluding diaryl/α,β-unsaturated/α-hetero) is 1. The minimum absolute atomic E-state index is 0.0276. The molecule has 0 radical (unpaired) electrons. The standard InChI is InChI=1S/C17H18N4O2/c1-12(22)15-11-21(16-6-4-3-5-14(15)16)8-7-17(23)19-13-9-18-20(2)10-13/h3-6,9-11H,7-8H2,1-2H3,(H,19,23). The number of rotatable bonds is 5. The average molecular weight is 310 g/mol. The van der Waals surface area contributed by atoms with Gasteiger partial charge in [-0.1, -0.05) is 18.2 Å². The summed E-state index contributed by atoms with van der Waals surface area (Å²) in [5.74, 6) is -0.0556. The van der Waals surface area contributed by atoms with Gasteiger partial charge < -0.3 is 9.88 Å². The van der Waals surface area contributed by atoms with Crippen LogP contribution in [0.15, 0.2) is 42.9 Å². The van der Waals surface area contributed by atoms with Gasteiger partial charge >= 0.3 is 0 Å². The van der Waals surface area contributed by atoms with Crippen molar-refractivity contribution >= 4 is 28.3 Å². The summed E-state index contributed by atoms with van der Waals surface area (Å²) in [7, 11) is 1.80. The maximum absolute atomic E-state index is 12.0. The first-order chi connectivity index (χ1) is 11.0. The molecule has 23 heavy (non-hydrogen) atoms. The first kappa shape index (κ1) is 15.0. The van der Waals surface area contributed by atoms with Crippen LogP contribution >= 0.6 is 0 Å². The molecule has 0 aliphatic heterocycles. The van der Waals surface area contributed by atoms with E-state index in [9.17, 15) is 9.59 Å². The van der Waals surface area contributed by atoms with Gasteiger partial charge in [0.25, 0.3) is 0 Å². The van der Waals surface area contributed by atoms with Crippen molar-refractivity contribution in [2.75, 3.05) is 5.32 Å². The fraction of sp³-hybridized carbons (Fsp3) is 0.235. The molecule has 3 rings (SSSR count). The van der Waals surface area contributed by atoms with Gasteiger partial charge in [0, 0.05) is 48.9 Å². The smallest absolute Gasteiger partial charge is 0.226 e. The molecule has 6 heteroatoms. The zero-order chi connectivity index (χ0) is 16.4. The minimum Gasteiger partial charge on any atom is -0.346 e. The van der Waals surface area contributed by atoms with Crippen LogP contribution in [0.1, 0.15) is 23.7 Å². The van der Waals surface area contributed by atoms with Crippen LogP contribution in [0.3, 0.4) is 0 Å². The van der Waals surface area contributed by atoms with Crippen molar-refractivity contribution in [3.8, 4) is 0 Å². The molecule has 3 aromatic rings. The first-order valence-electron chi connectivity index (χ1n) is 7.42. The van der Waals surface area contributed by atoms with E-state index in [4.69, 9.17) is 0 Å². The number of fused-ring (bicyclic) bond motifs is 1. The lowest BCUT2D eigenvalue weighted by molar-refractivity contribution is -0.116. The number of nitrogens with zero attached hydrogens (tertiary/aromatic N) is 3. The molecule has 1 aromatic carbocycles. The van der Waals surface area contributed by atoms with E-state index >= 15 is 0 Å². The Hall–Kier alpha value is -2.89. The molecular weight excluding hydrogens is 292 g/mol. The molecule has 0 fully saturated rings. The maximum atomic E-state index is 12.0. The minimum atomic E-state index is -0.0832. The van der Waals surface area contributed by atoms with E-state index in [-0.39, 0.29) is 11.7 Å². The molecule has 2 aromatic heterocycles. The summed E-state index contributed by atoms with van der Waals surface area (Å²) in [6, 6.07) is 7.73. The summed E-state index contributed by atoms with van der Waals surface area (Å²) < 4.78 is 3.59. The Balaban J connectivity index is 1.74. The van der Waals surface area contributed by atoms with Crippen molar-refractivity contribution in [2.45, 2.75) is 19.9 Å². The highest BCUT2D eigenvalue weighted by Crippen LogP contribution is 2.22. The highest BCUT2D eigenvalue weighted by Gasteiger charge is 2.12. The predicted octanol–water partition coefficient (Wildman–Crippen LogP) is 2.61. The molecule has 0 saturated heterocycles. The topological polar surface area (TPSA) is 68.9 Å². The lowest BCUT2D eigenvalue weighted by Gasteiger charge is -2.05. The SMILES string of the molecule is CC(=O)c1cn(CCC(=O)Nc2cnn(C)c2)c2ccccc12. The van der Waals surface area contributed by atoms with Gasteiger partial charge in [-0.15, -0.1) is 0 Å². The third kappa shape index (κ3) is 3.15. The summed E-state index contributed by atoms with van der Waals surface area (Å²) in [6.45, 7) is 2.07. The van der Waals surface area contributed by atoms with E-state index < -0.39 is 0 Å². The first-order valence-corrected chi connectivity index (χ1v) is 7.42. The molecule has 1 amide bonds. The van der Waals surface area contributed by atoms with E-state index in [0.29, 0.717) is 24.2 Å². The lowest BCUT2D eigenvalue weighted by atomic mass is 10.1. The molecule has 0 aliphatic rings. The molecular formula is C17H18N4O2. The second-order valence-electron chi connectivity index (χ2n) is 5.51. The quantitative estimate of drug-likeness (QED) is 0.736.